The van der Waals surface area contributed by atoms with Crippen LogP contribution in [0.3, 0.4) is 0 Å². The fourth-order valence-electron chi connectivity index (χ4n) is 4.65. The van der Waals surface area contributed by atoms with E-state index in [1.807, 2.05) is 73.0 Å². The van der Waals surface area contributed by atoms with Gasteiger partial charge in [-0.15, -0.1) is 11.8 Å². The van der Waals surface area contributed by atoms with Gasteiger partial charge in [-0.3, -0.25) is 9.36 Å². The highest BCUT2D eigenvalue weighted by molar-refractivity contribution is 7.98. The van der Waals surface area contributed by atoms with Gasteiger partial charge in [0.2, 0.25) is 0 Å². The Bertz CT molecular complexity index is 1720. The average Bonchev–Trinajstić information content (AvgIpc) is 3.21. The second-order valence-electron chi connectivity index (χ2n) is 8.48. The maximum Gasteiger partial charge on any atom is 0.338 e. The van der Waals surface area contributed by atoms with Crippen LogP contribution in [-0.4, -0.2) is 30.5 Å². The molecule has 0 aliphatic carbocycles. The van der Waals surface area contributed by atoms with E-state index >= 15 is 0 Å². The zero-order chi connectivity index (χ0) is 26.1. The van der Waals surface area contributed by atoms with Crippen LogP contribution in [0.4, 0.5) is 0 Å². The number of ether oxygens (including phenoxy) is 2. The van der Waals surface area contributed by atoms with Crippen molar-refractivity contribution in [1.29, 1.82) is 0 Å². The van der Waals surface area contributed by atoms with Crippen LogP contribution in [0, 0.1) is 0 Å². The standard InChI is InChI=1S/C29H26N2O4S2/c1-5-35-28(33)24-17(2)30-29-31(27(32)23(37-29)16-18-10-13-20(36-4)14-11-18)26(24)25-21-9-7-6-8-19(21)12-15-22(25)34-3/h6-16,26H,5H2,1-4H3. The molecule has 0 fully saturated rings. The zero-order valence-electron chi connectivity index (χ0n) is 21.0. The summed E-state index contributed by atoms with van der Waals surface area (Å²) in [6, 6.07) is 19.0. The Kier molecular flexibility index (Phi) is 7.04. The molecule has 0 bridgehead atoms. The number of esters is 1. The lowest BCUT2D eigenvalue weighted by Gasteiger charge is -2.27. The number of hydrogen-bond donors (Lipinski definition) is 0. The molecule has 1 unspecified atom stereocenters. The fourth-order valence-corrected chi connectivity index (χ4v) is 6.11. The molecule has 0 spiro atoms. The Balaban J connectivity index is 1.82. The SMILES string of the molecule is CCOC(=O)C1=C(C)N=c2sc(=Cc3ccc(SC)cc3)c(=O)n2C1c1c(OC)ccc2ccccc12. The van der Waals surface area contributed by atoms with Crippen LogP contribution in [0.5, 0.6) is 5.75 Å². The van der Waals surface area contributed by atoms with Gasteiger partial charge in [0.1, 0.15) is 11.8 Å². The van der Waals surface area contributed by atoms with Gasteiger partial charge in [0.25, 0.3) is 5.56 Å². The molecule has 37 heavy (non-hydrogen) atoms. The van der Waals surface area contributed by atoms with Crippen molar-refractivity contribution in [3.8, 4) is 5.75 Å². The maximum absolute atomic E-state index is 14.0. The molecule has 3 aromatic carbocycles. The first-order valence-electron chi connectivity index (χ1n) is 11.9. The molecule has 2 heterocycles. The second-order valence-corrected chi connectivity index (χ2v) is 10.4. The molecule has 0 saturated heterocycles. The number of fused-ring (bicyclic) bond motifs is 2. The number of carbonyl (C=O) groups excluding carboxylic acids is 1. The Labute approximate surface area is 222 Å². The lowest BCUT2D eigenvalue weighted by molar-refractivity contribution is -0.139. The minimum Gasteiger partial charge on any atom is -0.496 e. The molecule has 1 aliphatic heterocycles. The quantitative estimate of drug-likeness (QED) is 0.267. The summed E-state index contributed by atoms with van der Waals surface area (Å²) in [6.07, 6.45) is 3.90. The number of aromatic nitrogens is 1. The third-order valence-corrected chi connectivity index (χ3v) is 8.08. The van der Waals surface area contributed by atoms with E-state index < -0.39 is 12.0 Å². The number of hydrogen-bond acceptors (Lipinski definition) is 7. The number of benzene rings is 3. The molecule has 0 saturated carbocycles. The summed E-state index contributed by atoms with van der Waals surface area (Å²) in [6.45, 7) is 3.76. The number of rotatable bonds is 6. The molecule has 6 nitrogen and oxygen atoms in total. The first-order valence-corrected chi connectivity index (χ1v) is 13.9. The van der Waals surface area contributed by atoms with E-state index in [1.54, 1.807) is 37.3 Å². The van der Waals surface area contributed by atoms with Crippen LogP contribution >= 0.6 is 23.1 Å². The Morgan fingerprint density at radius 1 is 1.14 bits per heavy atom. The molecule has 188 valence electrons. The van der Waals surface area contributed by atoms with Crippen molar-refractivity contribution >= 4 is 45.9 Å². The lowest BCUT2D eigenvalue weighted by Crippen LogP contribution is -2.40. The number of thioether (sulfide) groups is 1. The predicted molar refractivity (Wildman–Crippen MR) is 149 cm³/mol. The van der Waals surface area contributed by atoms with Gasteiger partial charge in [0, 0.05) is 10.5 Å². The minimum absolute atomic E-state index is 0.214. The van der Waals surface area contributed by atoms with Gasteiger partial charge in [-0.05, 0) is 60.7 Å². The van der Waals surface area contributed by atoms with Gasteiger partial charge >= 0.3 is 5.97 Å². The normalized spacial score (nSPS) is 15.5. The fraction of sp³-hybridized carbons (Fsp3) is 0.207. The minimum atomic E-state index is -0.752. The van der Waals surface area contributed by atoms with Crippen molar-refractivity contribution < 1.29 is 14.3 Å². The summed E-state index contributed by atoms with van der Waals surface area (Å²) >= 11 is 2.98. The first-order chi connectivity index (χ1) is 18.0. The molecule has 5 rings (SSSR count). The molecule has 0 radical (unpaired) electrons. The Morgan fingerprint density at radius 2 is 1.89 bits per heavy atom. The highest BCUT2D eigenvalue weighted by atomic mass is 32.2. The van der Waals surface area contributed by atoms with Gasteiger partial charge in [0.15, 0.2) is 4.80 Å². The van der Waals surface area contributed by atoms with Crippen LogP contribution in [-0.2, 0) is 9.53 Å². The summed E-state index contributed by atoms with van der Waals surface area (Å²) in [5.41, 5.74) is 2.29. The summed E-state index contributed by atoms with van der Waals surface area (Å²) < 4.78 is 13.4. The lowest BCUT2D eigenvalue weighted by atomic mass is 9.90. The highest BCUT2D eigenvalue weighted by Gasteiger charge is 2.36. The highest BCUT2D eigenvalue weighted by Crippen LogP contribution is 2.40. The Hall–Kier alpha value is -3.62. The van der Waals surface area contributed by atoms with Gasteiger partial charge in [-0.1, -0.05) is 53.8 Å². The van der Waals surface area contributed by atoms with Crippen molar-refractivity contribution in [2.24, 2.45) is 4.99 Å². The molecule has 4 aromatic rings. The van der Waals surface area contributed by atoms with E-state index in [0.717, 1.165) is 26.8 Å². The second kappa shape index (κ2) is 10.4. The van der Waals surface area contributed by atoms with E-state index in [0.29, 0.717) is 26.4 Å². The van der Waals surface area contributed by atoms with Crippen molar-refractivity contribution in [1.82, 2.24) is 4.57 Å². The third-order valence-electron chi connectivity index (χ3n) is 6.35. The smallest absolute Gasteiger partial charge is 0.338 e. The van der Waals surface area contributed by atoms with Crippen molar-refractivity contribution in [2.45, 2.75) is 24.8 Å². The number of methoxy groups -OCH3 is 1. The van der Waals surface area contributed by atoms with E-state index in [4.69, 9.17) is 9.47 Å². The van der Waals surface area contributed by atoms with Crippen LogP contribution in [0.2, 0.25) is 0 Å². The number of allylic oxidation sites excluding steroid dienone is 1. The molecule has 1 aromatic heterocycles. The number of carbonyl (C=O) groups is 1. The molecule has 8 heteroatoms. The van der Waals surface area contributed by atoms with Crippen molar-refractivity contribution in [3.63, 3.8) is 0 Å². The van der Waals surface area contributed by atoms with Crippen LogP contribution in [0.1, 0.15) is 31.0 Å². The van der Waals surface area contributed by atoms with E-state index in [-0.39, 0.29) is 12.2 Å². The molecule has 0 amide bonds. The maximum atomic E-state index is 14.0. The summed E-state index contributed by atoms with van der Waals surface area (Å²) in [7, 11) is 1.59. The average molecular weight is 531 g/mol. The van der Waals surface area contributed by atoms with Crippen molar-refractivity contribution in [2.75, 3.05) is 20.0 Å². The first kappa shape index (κ1) is 25.0. The largest absolute Gasteiger partial charge is 0.496 e. The topological polar surface area (TPSA) is 69.9 Å². The van der Waals surface area contributed by atoms with Gasteiger partial charge in [-0.25, -0.2) is 9.79 Å². The number of nitrogens with zero attached hydrogens (tertiary/aromatic N) is 2. The number of thiazole rings is 1. The van der Waals surface area contributed by atoms with Gasteiger partial charge in [-0.2, -0.15) is 0 Å². The summed E-state index contributed by atoms with van der Waals surface area (Å²) in [5.74, 6) is 0.0908. The van der Waals surface area contributed by atoms with E-state index in [1.165, 1.54) is 11.3 Å². The van der Waals surface area contributed by atoms with E-state index in [9.17, 15) is 9.59 Å². The van der Waals surface area contributed by atoms with Gasteiger partial charge in [0.05, 0.1) is 29.5 Å². The zero-order valence-corrected chi connectivity index (χ0v) is 22.6. The summed E-state index contributed by atoms with van der Waals surface area (Å²) in [4.78, 5) is 33.6. The van der Waals surface area contributed by atoms with Crippen LogP contribution in [0.25, 0.3) is 16.8 Å². The monoisotopic (exact) mass is 530 g/mol. The van der Waals surface area contributed by atoms with Crippen LogP contribution in [0.15, 0.2) is 86.6 Å². The van der Waals surface area contributed by atoms with Gasteiger partial charge < -0.3 is 9.47 Å². The Morgan fingerprint density at radius 3 is 2.59 bits per heavy atom. The third kappa shape index (κ3) is 4.51. The summed E-state index contributed by atoms with van der Waals surface area (Å²) in [5, 5.41) is 1.87. The predicted octanol–water partition coefficient (Wildman–Crippen LogP) is 4.68. The molecule has 1 aliphatic rings. The van der Waals surface area contributed by atoms with Crippen LogP contribution < -0.4 is 19.6 Å². The molecule has 1 atom stereocenters. The van der Waals surface area contributed by atoms with Crippen molar-refractivity contribution in [3.05, 3.63) is 103 Å². The molecule has 0 N–H and O–H groups in total. The molecular weight excluding hydrogens is 504 g/mol. The molecular formula is C29H26N2O4S2. The van der Waals surface area contributed by atoms with E-state index in [2.05, 4.69) is 4.99 Å².